The van der Waals surface area contributed by atoms with Crippen LogP contribution in [0, 0.1) is 0 Å². The zero-order valence-corrected chi connectivity index (χ0v) is 15.0. The Morgan fingerprint density at radius 2 is 1.81 bits per heavy atom. The summed E-state index contributed by atoms with van der Waals surface area (Å²) in [5.74, 6) is -0.257. The van der Waals surface area contributed by atoms with Crippen molar-refractivity contribution < 1.29 is 14.1 Å². The average molecular weight is 382 g/mol. The maximum Gasteiger partial charge on any atom is 0.250 e. The van der Waals surface area contributed by atoms with Crippen LogP contribution < -0.4 is 11.1 Å². The van der Waals surface area contributed by atoms with E-state index in [1.54, 1.807) is 42.5 Å². The van der Waals surface area contributed by atoms with Gasteiger partial charge in [0.05, 0.1) is 22.4 Å². The molecule has 0 radical (unpaired) electrons. The third-order valence-corrected chi connectivity index (χ3v) is 5.01. The fourth-order valence-corrected chi connectivity index (χ4v) is 3.15. The van der Waals surface area contributed by atoms with Crippen molar-refractivity contribution in [2.45, 2.75) is 18.3 Å². The Hall–Kier alpha value is -3.12. The zero-order chi connectivity index (χ0) is 19.0. The van der Waals surface area contributed by atoms with Gasteiger partial charge in [0.1, 0.15) is 0 Å². The Morgan fingerprint density at radius 1 is 1.11 bits per heavy atom. The van der Waals surface area contributed by atoms with Gasteiger partial charge in [0.25, 0.3) is 5.91 Å². The molecule has 1 heterocycles. The Morgan fingerprint density at radius 3 is 2.48 bits per heavy atom. The van der Waals surface area contributed by atoms with E-state index >= 15 is 0 Å². The summed E-state index contributed by atoms with van der Waals surface area (Å²) in [4.78, 5) is 24.5. The van der Waals surface area contributed by atoms with Gasteiger partial charge >= 0.3 is 0 Å². The van der Waals surface area contributed by atoms with Crippen molar-refractivity contribution in [1.29, 1.82) is 0 Å². The number of rotatable bonds is 5. The minimum atomic E-state index is -0.751. The molecule has 1 aliphatic rings. The Kier molecular flexibility index (Phi) is 4.20. The molecular formula is C20H16ClN3O3. The number of benzene rings is 2. The molecule has 2 amide bonds. The number of anilines is 1. The van der Waals surface area contributed by atoms with Crippen LogP contribution in [0.4, 0.5) is 5.69 Å². The van der Waals surface area contributed by atoms with E-state index in [2.05, 4.69) is 10.5 Å². The monoisotopic (exact) mass is 381 g/mol. The molecule has 1 saturated carbocycles. The topological polar surface area (TPSA) is 98.2 Å². The number of nitrogens with one attached hydrogen (secondary N) is 1. The number of primary amides is 1. The number of carbonyl (C=O) groups is 2. The van der Waals surface area contributed by atoms with Crippen LogP contribution in [0.3, 0.4) is 0 Å². The molecule has 6 nitrogen and oxygen atoms in total. The molecule has 0 bridgehead atoms. The van der Waals surface area contributed by atoms with Gasteiger partial charge in [-0.05, 0) is 49.2 Å². The molecule has 3 N–H and O–H groups in total. The number of nitrogens with zero attached hydrogens (tertiary/aromatic N) is 1. The lowest BCUT2D eigenvalue weighted by Gasteiger charge is -2.14. The molecule has 0 aliphatic heterocycles. The highest BCUT2D eigenvalue weighted by Crippen LogP contribution is 2.49. The van der Waals surface area contributed by atoms with Gasteiger partial charge in [-0.15, -0.1) is 0 Å². The number of hydrogen-bond donors (Lipinski definition) is 2. The minimum Gasteiger partial charge on any atom is -0.366 e. The molecule has 3 aromatic rings. The smallest absolute Gasteiger partial charge is 0.250 e. The van der Waals surface area contributed by atoms with Gasteiger partial charge in [-0.2, -0.15) is 0 Å². The van der Waals surface area contributed by atoms with Crippen molar-refractivity contribution in [3.63, 3.8) is 0 Å². The fraction of sp³-hybridized carbons (Fsp3) is 0.150. The molecule has 1 aliphatic carbocycles. The molecule has 136 valence electrons. The molecule has 1 fully saturated rings. The SMILES string of the molecule is NC(=O)c1ccccc1NC(=O)C1(c2cc(-c3ccc(Cl)cc3)on2)CC1. The van der Waals surface area contributed by atoms with Crippen molar-refractivity contribution in [3.8, 4) is 11.3 Å². The molecule has 0 atom stereocenters. The Bertz CT molecular complexity index is 1020. The summed E-state index contributed by atoms with van der Waals surface area (Å²) in [6.07, 6.45) is 1.31. The highest BCUT2D eigenvalue weighted by molar-refractivity contribution is 6.30. The summed E-state index contributed by atoms with van der Waals surface area (Å²) < 4.78 is 5.43. The van der Waals surface area contributed by atoms with Gasteiger partial charge in [0.15, 0.2) is 5.76 Å². The first-order chi connectivity index (χ1) is 13.0. The first-order valence-electron chi connectivity index (χ1n) is 8.43. The van der Waals surface area contributed by atoms with Crippen LogP contribution in [0.2, 0.25) is 5.02 Å². The first-order valence-corrected chi connectivity index (χ1v) is 8.81. The lowest BCUT2D eigenvalue weighted by molar-refractivity contribution is -0.118. The maximum absolute atomic E-state index is 12.9. The van der Waals surface area contributed by atoms with Crippen LogP contribution in [-0.2, 0) is 10.2 Å². The van der Waals surface area contributed by atoms with Crippen molar-refractivity contribution >= 4 is 29.1 Å². The van der Waals surface area contributed by atoms with Crippen molar-refractivity contribution in [3.05, 3.63) is 70.9 Å². The van der Waals surface area contributed by atoms with E-state index in [4.69, 9.17) is 21.9 Å². The van der Waals surface area contributed by atoms with Crippen LogP contribution in [0.1, 0.15) is 28.9 Å². The third-order valence-electron chi connectivity index (χ3n) is 4.75. The standard InChI is InChI=1S/C20H16ClN3O3/c21-13-7-5-12(6-8-13)16-11-17(24-27-16)20(9-10-20)19(26)23-15-4-2-1-3-14(15)18(22)25/h1-8,11H,9-10H2,(H2,22,25)(H,23,26). The van der Waals surface area contributed by atoms with E-state index in [0.717, 1.165) is 5.56 Å². The predicted molar refractivity (Wildman–Crippen MR) is 101 cm³/mol. The first kappa shape index (κ1) is 17.3. The molecule has 0 unspecified atom stereocenters. The summed E-state index contributed by atoms with van der Waals surface area (Å²) in [5.41, 5.74) is 6.68. The predicted octanol–water partition coefficient (Wildman–Crippen LogP) is 3.76. The van der Waals surface area contributed by atoms with Gasteiger partial charge in [0, 0.05) is 16.7 Å². The summed E-state index contributed by atoms with van der Waals surface area (Å²) >= 11 is 5.91. The maximum atomic E-state index is 12.9. The van der Waals surface area contributed by atoms with Crippen LogP contribution in [0.25, 0.3) is 11.3 Å². The lowest BCUT2D eigenvalue weighted by Crippen LogP contribution is -2.29. The van der Waals surface area contributed by atoms with Crippen molar-refractivity contribution in [2.24, 2.45) is 5.73 Å². The highest BCUT2D eigenvalue weighted by atomic mass is 35.5. The number of carbonyl (C=O) groups excluding carboxylic acids is 2. The van der Waals surface area contributed by atoms with E-state index in [1.165, 1.54) is 0 Å². The van der Waals surface area contributed by atoms with E-state index in [-0.39, 0.29) is 11.5 Å². The van der Waals surface area contributed by atoms with E-state index in [9.17, 15) is 9.59 Å². The number of hydrogen-bond acceptors (Lipinski definition) is 4. The van der Waals surface area contributed by atoms with Crippen LogP contribution in [0.5, 0.6) is 0 Å². The van der Waals surface area contributed by atoms with Crippen LogP contribution in [0.15, 0.2) is 59.1 Å². The normalized spacial score (nSPS) is 14.6. The summed E-state index contributed by atoms with van der Waals surface area (Å²) in [6, 6.07) is 15.6. The zero-order valence-electron chi connectivity index (χ0n) is 14.2. The second kappa shape index (κ2) is 6.55. The van der Waals surface area contributed by atoms with E-state index in [1.807, 2.05) is 12.1 Å². The van der Waals surface area contributed by atoms with Crippen molar-refractivity contribution in [1.82, 2.24) is 5.16 Å². The molecule has 0 spiro atoms. The van der Waals surface area contributed by atoms with Gasteiger partial charge in [0.2, 0.25) is 5.91 Å². The average Bonchev–Trinajstić information content (AvgIpc) is 3.33. The van der Waals surface area contributed by atoms with Crippen molar-refractivity contribution in [2.75, 3.05) is 5.32 Å². The molecule has 0 saturated heterocycles. The second-order valence-corrected chi connectivity index (χ2v) is 6.97. The highest BCUT2D eigenvalue weighted by Gasteiger charge is 2.54. The van der Waals surface area contributed by atoms with E-state index in [0.29, 0.717) is 35.0 Å². The fourth-order valence-electron chi connectivity index (χ4n) is 3.02. The molecular weight excluding hydrogens is 366 g/mol. The number of aromatic nitrogens is 1. The van der Waals surface area contributed by atoms with Gasteiger partial charge in [-0.1, -0.05) is 28.9 Å². The molecule has 2 aromatic carbocycles. The quantitative estimate of drug-likeness (QED) is 0.702. The number of nitrogens with two attached hydrogens (primary N) is 1. The molecule has 27 heavy (non-hydrogen) atoms. The van der Waals surface area contributed by atoms with Gasteiger partial charge in [-0.25, -0.2) is 0 Å². The second-order valence-electron chi connectivity index (χ2n) is 6.53. The summed E-state index contributed by atoms with van der Waals surface area (Å²) in [7, 11) is 0. The molecule has 1 aromatic heterocycles. The number of halogens is 1. The Labute approximate surface area is 160 Å². The third kappa shape index (κ3) is 3.19. The van der Waals surface area contributed by atoms with Gasteiger partial charge < -0.3 is 15.6 Å². The largest absolute Gasteiger partial charge is 0.366 e. The molecule has 4 rings (SSSR count). The minimum absolute atomic E-state index is 0.229. The lowest BCUT2D eigenvalue weighted by atomic mass is 9.99. The Balaban J connectivity index is 1.59. The summed E-state index contributed by atoms with van der Waals surface area (Å²) in [5, 5.41) is 7.55. The van der Waals surface area contributed by atoms with Crippen LogP contribution >= 0.6 is 11.6 Å². The summed E-state index contributed by atoms with van der Waals surface area (Å²) in [6.45, 7) is 0. The van der Waals surface area contributed by atoms with Crippen LogP contribution in [-0.4, -0.2) is 17.0 Å². The number of amides is 2. The van der Waals surface area contributed by atoms with E-state index < -0.39 is 11.3 Å². The van der Waals surface area contributed by atoms with Gasteiger partial charge in [-0.3, -0.25) is 9.59 Å². The number of para-hydroxylation sites is 1. The molecule has 7 heteroatoms.